The van der Waals surface area contributed by atoms with E-state index in [1.807, 2.05) is 10.6 Å². The van der Waals surface area contributed by atoms with E-state index in [9.17, 15) is 14.4 Å². The lowest BCUT2D eigenvalue weighted by Gasteiger charge is -2.19. The Labute approximate surface area is 186 Å². The molecule has 32 heavy (non-hydrogen) atoms. The molecule has 1 amide bonds. The maximum atomic E-state index is 12.9. The summed E-state index contributed by atoms with van der Waals surface area (Å²) in [4.78, 5) is 36.6. The number of carbonyl (C=O) groups is 2. The van der Waals surface area contributed by atoms with E-state index in [0.717, 1.165) is 17.5 Å². The highest BCUT2D eigenvalue weighted by Crippen LogP contribution is 2.26. The number of alkyl carbamates (subject to hydrolysis) is 1. The zero-order valence-corrected chi connectivity index (χ0v) is 18.9. The Balaban J connectivity index is 1.64. The number of carbonyl (C=O) groups excluding carboxylic acids is 2. The molecule has 0 spiro atoms. The molecule has 0 saturated heterocycles. The summed E-state index contributed by atoms with van der Waals surface area (Å²) in [5.74, 6) is 5.33. The Morgan fingerprint density at radius 3 is 2.75 bits per heavy atom. The highest BCUT2D eigenvalue weighted by atomic mass is 16.6. The van der Waals surface area contributed by atoms with Crippen molar-refractivity contribution in [1.82, 2.24) is 9.88 Å². The fourth-order valence-corrected chi connectivity index (χ4v) is 3.47. The molecule has 1 aliphatic rings. The third-order valence-corrected chi connectivity index (χ3v) is 4.69. The van der Waals surface area contributed by atoms with E-state index in [-0.39, 0.29) is 24.2 Å². The summed E-state index contributed by atoms with van der Waals surface area (Å²) < 4.78 is 17.5. The predicted molar refractivity (Wildman–Crippen MR) is 120 cm³/mol. The second-order valence-corrected chi connectivity index (χ2v) is 8.35. The van der Waals surface area contributed by atoms with E-state index in [1.54, 1.807) is 40.0 Å². The van der Waals surface area contributed by atoms with E-state index in [0.29, 0.717) is 30.6 Å². The molecular weight excluding hydrogens is 412 g/mol. The second-order valence-electron chi connectivity index (χ2n) is 8.35. The van der Waals surface area contributed by atoms with Crippen LogP contribution >= 0.6 is 0 Å². The van der Waals surface area contributed by atoms with Crippen molar-refractivity contribution in [2.75, 3.05) is 26.4 Å². The first kappa shape index (κ1) is 23.4. The van der Waals surface area contributed by atoms with Crippen LogP contribution in [-0.2, 0) is 27.2 Å². The number of esters is 1. The molecule has 0 saturated carbocycles. The Morgan fingerprint density at radius 2 is 2.03 bits per heavy atom. The fraction of sp³-hybridized carbons (Fsp3) is 0.458. The van der Waals surface area contributed by atoms with Crippen LogP contribution in [0.15, 0.2) is 23.1 Å². The maximum Gasteiger partial charge on any atom is 0.407 e. The molecule has 0 bridgehead atoms. The molecule has 8 nitrogen and oxygen atoms in total. The number of benzene rings is 1. The van der Waals surface area contributed by atoms with Gasteiger partial charge in [-0.05, 0) is 51.8 Å². The summed E-state index contributed by atoms with van der Waals surface area (Å²) in [5, 5.41) is 3.08. The molecule has 8 heteroatoms. The Morgan fingerprint density at radius 1 is 1.25 bits per heavy atom. The average molecular weight is 440 g/mol. The average Bonchev–Trinajstić information content (AvgIpc) is 3.12. The smallest absolute Gasteiger partial charge is 0.407 e. The summed E-state index contributed by atoms with van der Waals surface area (Å²) in [7, 11) is 0. The van der Waals surface area contributed by atoms with Crippen LogP contribution < -0.4 is 10.7 Å². The van der Waals surface area contributed by atoms with Gasteiger partial charge in [0, 0.05) is 30.2 Å². The van der Waals surface area contributed by atoms with Crippen LogP contribution in [0, 0.1) is 11.8 Å². The Kier molecular flexibility index (Phi) is 7.21. The number of aryl methyl sites for hydroxylation is 2. The third kappa shape index (κ3) is 5.68. The molecule has 1 aliphatic heterocycles. The monoisotopic (exact) mass is 440 g/mol. The topological polar surface area (TPSA) is 95.9 Å². The second kappa shape index (κ2) is 9.88. The van der Waals surface area contributed by atoms with Crippen molar-refractivity contribution in [2.24, 2.45) is 0 Å². The van der Waals surface area contributed by atoms with Gasteiger partial charge in [0.05, 0.1) is 18.7 Å². The Hall–Kier alpha value is -3.31. The van der Waals surface area contributed by atoms with Gasteiger partial charge in [0.2, 0.25) is 5.43 Å². The zero-order chi connectivity index (χ0) is 23.3. The number of nitrogens with zero attached hydrogens (tertiary/aromatic N) is 1. The predicted octanol–water partition coefficient (Wildman–Crippen LogP) is 2.63. The molecule has 0 unspecified atom stereocenters. The third-order valence-electron chi connectivity index (χ3n) is 4.69. The van der Waals surface area contributed by atoms with Gasteiger partial charge in [-0.3, -0.25) is 4.79 Å². The molecular formula is C24H28N2O6. The maximum absolute atomic E-state index is 12.9. The van der Waals surface area contributed by atoms with Gasteiger partial charge in [0.1, 0.15) is 17.8 Å². The van der Waals surface area contributed by atoms with Crippen molar-refractivity contribution in [1.29, 1.82) is 0 Å². The summed E-state index contributed by atoms with van der Waals surface area (Å²) in [6.45, 7) is 8.79. The molecule has 1 aromatic heterocycles. The lowest BCUT2D eigenvalue weighted by molar-refractivity contribution is 0.0502. The van der Waals surface area contributed by atoms with E-state index < -0.39 is 17.7 Å². The minimum Gasteiger partial charge on any atom is -0.462 e. The van der Waals surface area contributed by atoms with Crippen LogP contribution in [0.2, 0.25) is 0 Å². The van der Waals surface area contributed by atoms with Crippen molar-refractivity contribution in [2.45, 2.75) is 46.3 Å². The van der Waals surface area contributed by atoms with E-state index in [2.05, 4.69) is 17.2 Å². The summed E-state index contributed by atoms with van der Waals surface area (Å²) in [6, 6.07) is 3.68. The number of pyridine rings is 1. The minimum atomic E-state index is -0.610. The van der Waals surface area contributed by atoms with Crippen molar-refractivity contribution < 1.29 is 23.8 Å². The van der Waals surface area contributed by atoms with E-state index in [1.165, 1.54) is 0 Å². The van der Waals surface area contributed by atoms with Crippen LogP contribution in [-0.4, -0.2) is 48.6 Å². The van der Waals surface area contributed by atoms with Crippen molar-refractivity contribution >= 4 is 23.0 Å². The molecule has 170 valence electrons. The van der Waals surface area contributed by atoms with Crippen LogP contribution in [0.1, 0.15) is 49.2 Å². The first-order chi connectivity index (χ1) is 15.2. The van der Waals surface area contributed by atoms with Gasteiger partial charge in [-0.1, -0.05) is 11.8 Å². The quantitative estimate of drug-likeness (QED) is 0.422. The first-order valence-electron chi connectivity index (χ1n) is 10.6. The number of amides is 1. The van der Waals surface area contributed by atoms with Crippen molar-refractivity contribution in [3.05, 3.63) is 45.2 Å². The number of ether oxygens (including phenoxy) is 3. The number of rotatable bonds is 6. The number of hydrogen-bond donors (Lipinski definition) is 1. The van der Waals surface area contributed by atoms with E-state index >= 15 is 0 Å². The zero-order valence-electron chi connectivity index (χ0n) is 18.9. The summed E-state index contributed by atoms with van der Waals surface area (Å²) in [6.07, 6.45) is 1.86. The van der Waals surface area contributed by atoms with Gasteiger partial charge in [0.25, 0.3) is 0 Å². The number of hydrogen-bond acceptors (Lipinski definition) is 6. The largest absolute Gasteiger partial charge is 0.462 e. The highest BCUT2D eigenvalue weighted by Gasteiger charge is 2.22. The SMILES string of the molecule is CCOC(=O)c1cn2c3c(cc(C#CCOCCNC(=O)OC(C)(C)C)cc3c1=O)CC2. The lowest BCUT2D eigenvalue weighted by atomic mass is 10.0. The molecule has 0 aliphatic carbocycles. The highest BCUT2D eigenvalue weighted by molar-refractivity contribution is 5.95. The molecule has 1 aromatic carbocycles. The number of aromatic nitrogens is 1. The van der Waals surface area contributed by atoms with Crippen molar-refractivity contribution in [3.8, 4) is 11.8 Å². The first-order valence-corrected chi connectivity index (χ1v) is 10.6. The molecule has 0 fully saturated rings. The van der Waals surface area contributed by atoms with Crippen LogP contribution in [0.25, 0.3) is 10.9 Å². The van der Waals surface area contributed by atoms with Gasteiger partial charge in [-0.2, -0.15) is 0 Å². The van der Waals surface area contributed by atoms with Gasteiger partial charge in [-0.15, -0.1) is 0 Å². The minimum absolute atomic E-state index is 0.0399. The fourth-order valence-electron chi connectivity index (χ4n) is 3.47. The molecule has 0 atom stereocenters. The molecule has 1 N–H and O–H groups in total. The molecule has 3 rings (SSSR count). The van der Waals surface area contributed by atoms with Crippen LogP contribution in [0.5, 0.6) is 0 Å². The molecule has 2 heterocycles. The lowest BCUT2D eigenvalue weighted by Crippen LogP contribution is -2.34. The van der Waals surface area contributed by atoms with Gasteiger partial charge in [-0.25, -0.2) is 9.59 Å². The van der Waals surface area contributed by atoms with Crippen molar-refractivity contribution in [3.63, 3.8) is 0 Å². The van der Waals surface area contributed by atoms with Gasteiger partial charge in [0.15, 0.2) is 0 Å². The van der Waals surface area contributed by atoms with Crippen LogP contribution in [0.4, 0.5) is 4.79 Å². The normalized spacial score (nSPS) is 12.2. The molecule has 2 aromatic rings. The van der Waals surface area contributed by atoms with Gasteiger partial charge >= 0.3 is 12.1 Å². The standard InChI is InChI=1S/C24H28N2O6/c1-5-31-22(28)19-15-26-10-8-17-13-16(14-18(20(17)26)21(19)27)7-6-11-30-12-9-25-23(29)32-24(2,3)4/h13-15H,5,8-12H2,1-4H3,(H,25,29). The summed E-state index contributed by atoms with van der Waals surface area (Å²) in [5.41, 5.74) is 1.72. The van der Waals surface area contributed by atoms with Crippen LogP contribution in [0.3, 0.4) is 0 Å². The van der Waals surface area contributed by atoms with E-state index in [4.69, 9.17) is 14.2 Å². The summed E-state index contributed by atoms with van der Waals surface area (Å²) >= 11 is 0. The van der Waals surface area contributed by atoms with Gasteiger partial charge < -0.3 is 24.1 Å². The number of nitrogens with one attached hydrogen (secondary N) is 1. The Bertz CT molecular complexity index is 1150. The molecule has 0 radical (unpaired) electrons.